The Morgan fingerprint density at radius 1 is 0.903 bits per heavy atom. The third-order valence-electron chi connectivity index (χ3n) is 4.34. The van der Waals surface area contributed by atoms with Crippen LogP contribution < -0.4 is 17.1 Å². The first kappa shape index (κ1) is 22.2. The lowest BCUT2D eigenvalue weighted by atomic mass is 10.1. The van der Waals surface area contributed by atoms with Gasteiger partial charge in [-0.3, -0.25) is 0 Å². The minimum Gasteiger partial charge on any atom is -0.247 e. The SMILES string of the molecule is C=CCn1c(=O)n(CC=C)c(=O)n(Cc2csc(-c3ccc(C(F)(F)F)cc3)n2)c1=O. The highest BCUT2D eigenvalue weighted by Gasteiger charge is 2.30. The van der Waals surface area contributed by atoms with Crippen LogP contribution in [-0.4, -0.2) is 18.7 Å². The summed E-state index contributed by atoms with van der Waals surface area (Å²) in [5, 5.41) is 2.03. The maximum absolute atomic E-state index is 12.7. The van der Waals surface area contributed by atoms with Gasteiger partial charge >= 0.3 is 23.2 Å². The summed E-state index contributed by atoms with van der Waals surface area (Å²) >= 11 is 1.16. The van der Waals surface area contributed by atoms with E-state index in [4.69, 9.17) is 0 Å². The standard InChI is InChI=1S/C20H17F3N4O3S/c1-3-9-25-17(28)26(10-4-2)19(30)27(18(25)29)11-15-12-31-16(24-15)13-5-7-14(8-6-13)20(21,22)23/h3-8,12H,1-2,9-11H2. The van der Waals surface area contributed by atoms with Gasteiger partial charge in [-0.05, 0) is 12.1 Å². The molecule has 162 valence electrons. The molecule has 0 saturated heterocycles. The summed E-state index contributed by atoms with van der Waals surface area (Å²) in [7, 11) is 0. The summed E-state index contributed by atoms with van der Waals surface area (Å²) in [6, 6.07) is 4.53. The van der Waals surface area contributed by atoms with E-state index < -0.39 is 28.8 Å². The Labute approximate surface area is 177 Å². The summed E-state index contributed by atoms with van der Waals surface area (Å²) in [5.74, 6) is 0. The molecule has 11 heteroatoms. The molecule has 0 fully saturated rings. The first-order valence-electron chi connectivity index (χ1n) is 8.95. The van der Waals surface area contributed by atoms with Gasteiger partial charge in [-0.1, -0.05) is 24.3 Å². The molecule has 0 unspecified atom stereocenters. The van der Waals surface area contributed by atoms with Crippen molar-refractivity contribution in [3.8, 4) is 10.6 Å². The quantitative estimate of drug-likeness (QED) is 0.519. The molecule has 0 spiro atoms. The third kappa shape index (κ3) is 4.50. The maximum atomic E-state index is 12.7. The average Bonchev–Trinajstić information content (AvgIpc) is 3.20. The average molecular weight is 450 g/mol. The molecule has 0 N–H and O–H groups in total. The molecule has 3 rings (SSSR count). The van der Waals surface area contributed by atoms with E-state index in [0.717, 1.165) is 37.2 Å². The Hall–Kier alpha value is -3.47. The van der Waals surface area contributed by atoms with Crippen LogP contribution in [0.4, 0.5) is 13.2 Å². The van der Waals surface area contributed by atoms with Gasteiger partial charge in [0.15, 0.2) is 0 Å². The predicted octanol–water partition coefficient (Wildman–Crippen LogP) is 2.73. The van der Waals surface area contributed by atoms with Crippen LogP contribution in [0, 0.1) is 0 Å². The zero-order valence-electron chi connectivity index (χ0n) is 16.1. The van der Waals surface area contributed by atoms with Gasteiger partial charge in [-0.25, -0.2) is 33.1 Å². The lowest BCUT2D eigenvalue weighted by Gasteiger charge is -2.11. The molecular weight excluding hydrogens is 433 g/mol. The van der Waals surface area contributed by atoms with E-state index in [1.165, 1.54) is 24.3 Å². The van der Waals surface area contributed by atoms with Crippen LogP contribution in [0.5, 0.6) is 0 Å². The zero-order chi connectivity index (χ0) is 22.8. The topological polar surface area (TPSA) is 78.9 Å². The highest BCUT2D eigenvalue weighted by atomic mass is 32.1. The number of nitrogens with zero attached hydrogens (tertiary/aromatic N) is 4. The van der Waals surface area contributed by atoms with Gasteiger partial charge in [0.25, 0.3) is 0 Å². The van der Waals surface area contributed by atoms with Crippen LogP contribution in [0.15, 0.2) is 69.3 Å². The molecule has 0 amide bonds. The molecule has 2 heterocycles. The van der Waals surface area contributed by atoms with Gasteiger partial charge in [0.2, 0.25) is 0 Å². The van der Waals surface area contributed by atoms with E-state index >= 15 is 0 Å². The number of thiazole rings is 1. The normalized spacial score (nSPS) is 11.5. The van der Waals surface area contributed by atoms with Gasteiger partial charge in [0.1, 0.15) is 5.01 Å². The monoisotopic (exact) mass is 450 g/mol. The van der Waals surface area contributed by atoms with Crippen molar-refractivity contribution in [3.05, 3.63) is 97.7 Å². The summed E-state index contributed by atoms with van der Waals surface area (Å²) in [4.78, 5) is 42.1. The molecule has 0 aliphatic rings. The van der Waals surface area contributed by atoms with Gasteiger partial charge < -0.3 is 0 Å². The fraction of sp³-hybridized carbons (Fsp3) is 0.200. The van der Waals surface area contributed by atoms with Crippen LogP contribution in [0.1, 0.15) is 11.3 Å². The maximum Gasteiger partial charge on any atom is 0.416 e. The number of alkyl halides is 3. The van der Waals surface area contributed by atoms with Gasteiger partial charge in [0, 0.05) is 10.9 Å². The first-order valence-corrected chi connectivity index (χ1v) is 9.83. The Morgan fingerprint density at radius 3 is 1.90 bits per heavy atom. The number of aromatic nitrogens is 4. The Morgan fingerprint density at radius 2 is 1.42 bits per heavy atom. The van der Waals surface area contributed by atoms with Gasteiger partial charge in [-0.15, -0.1) is 24.5 Å². The summed E-state index contributed by atoms with van der Waals surface area (Å²) in [6.45, 7) is 6.66. The zero-order valence-corrected chi connectivity index (χ0v) is 16.9. The molecule has 0 aliphatic heterocycles. The molecule has 0 saturated carbocycles. The highest BCUT2D eigenvalue weighted by molar-refractivity contribution is 7.13. The molecule has 3 aromatic rings. The second-order valence-electron chi connectivity index (χ2n) is 6.45. The second-order valence-corrected chi connectivity index (χ2v) is 7.31. The summed E-state index contributed by atoms with van der Waals surface area (Å²) < 4.78 is 40.8. The Balaban J connectivity index is 1.99. The molecule has 0 aliphatic carbocycles. The Bertz CT molecular complexity index is 1250. The number of rotatable bonds is 7. The van der Waals surface area contributed by atoms with Crippen LogP contribution in [0.25, 0.3) is 10.6 Å². The third-order valence-corrected chi connectivity index (χ3v) is 5.28. The van der Waals surface area contributed by atoms with Crippen molar-refractivity contribution in [3.63, 3.8) is 0 Å². The molecule has 1 aromatic carbocycles. The van der Waals surface area contributed by atoms with Crippen LogP contribution in [0.2, 0.25) is 0 Å². The van der Waals surface area contributed by atoms with E-state index in [1.807, 2.05) is 0 Å². The van der Waals surface area contributed by atoms with Crippen molar-refractivity contribution < 1.29 is 13.2 Å². The second kappa shape index (κ2) is 8.72. The highest BCUT2D eigenvalue weighted by Crippen LogP contribution is 2.31. The minimum absolute atomic E-state index is 0.0804. The van der Waals surface area contributed by atoms with E-state index in [0.29, 0.717) is 16.3 Å². The smallest absolute Gasteiger partial charge is 0.247 e. The lowest BCUT2D eigenvalue weighted by molar-refractivity contribution is -0.137. The molecule has 0 radical (unpaired) electrons. The van der Waals surface area contributed by atoms with E-state index in [2.05, 4.69) is 18.1 Å². The van der Waals surface area contributed by atoms with Crippen molar-refractivity contribution in [2.75, 3.05) is 0 Å². The largest absolute Gasteiger partial charge is 0.416 e. The van der Waals surface area contributed by atoms with Crippen molar-refractivity contribution in [2.45, 2.75) is 25.8 Å². The number of hydrogen-bond donors (Lipinski definition) is 0. The van der Waals surface area contributed by atoms with E-state index in [1.54, 1.807) is 5.38 Å². The van der Waals surface area contributed by atoms with E-state index in [9.17, 15) is 27.6 Å². The summed E-state index contributed by atoms with van der Waals surface area (Å²) in [6.07, 6.45) is -1.71. The van der Waals surface area contributed by atoms with Crippen LogP contribution >= 0.6 is 11.3 Å². The number of benzene rings is 1. The van der Waals surface area contributed by atoms with Gasteiger partial charge in [0.05, 0.1) is 30.9 Å². The fourth-order valence-electron chi connectivity index (χ4n) is 2.86. The van der Waals surface area contributed by atoms with Crippen LogP contribution in [-0.2, 0) is 25.8 Å². The van der Waals surface area contributed by atoms with Crippen molar-refractivity contribution in [1.29, 1.82) is 0 Å². The summed E-state index contributed by atoms with van der Waals surface area (Å²) in [5.41, 5.74) is -2.33. The number of halogens is 3. The molecule has 31 heavy (non-hydrogen) atoms. The predicted molar refractivity (Wildman–Crippen MR) is 111 cm³/mol. The molecule has 2 aromatic heterocycles. The van der Waals surface area contributed by atoms with Crippen molar-refractivity contribution in [2.24, 2.45) is 0 Å². The van der Waals surface area contributed by atoms with Crippen molar-refractivity contribution >= 4 is 11.3 Å². The molecule has 7 nitrogen and oxygen atoms in total. The van der Waals surface area contributed by atoms with E-state index in [-0.39, 0.29) is 19.6 Å². The Kier molecular flexibility index (Phi) is 6.25. The number of hydrogen-bond acceptors (Lipinski definition) is 5. The minimum atomic E-state index is -4.44. The fourth-order valence-corrected chi connectivity index (χ4v) is 3.68. The van der Waals surface area contributed by atoms with Crippen molar-refractivity contribution in [1.82, 2.24) is 18.7 Å². The molecular formula is C20H17F3N4O3S. The molecule has 0 bridgehead atoms. The molecule has 0 atom stereocenters. The van der Waals surface area contributed by atoms with Crippen LogP contribution in [0.3, 0.4) is 0 Å². The lowest BCUT2D eigenvalue weighted by Crippen LogP contribution is -2.54. The van der Waals surface area contributed by atoms with Gasteiger partial charge in [-0.2, -0.15) is 13.2 Å². The first-order chi connectivity index (χ1) is 14.7. The number of allylic oxidation sites excluding steroid dienone is 2.